The molecular formula is C17H20FNO5S. The molecule has 1 amide bonds. The highest BCUT2D eigenvalue weighted by molar-refractivity contribution is 7.94. The average molecular weight is 369 g/mol. The lowest BCUT2D eigenvalue weighted by Gasteiger charge is -2.22. The minimum atomic E-state index is -3.23. The van der Waals surface area contributed by atoms with E-state index in [9.17, 15) is 22.4 Å². The smallest absolute Gasteiger partial charge is 0.307 e. The molecule has 0 N–H and O–H groups in total. The fourth-order valence-corrected chi connectivity index (χ4v) is 3.97. The molecule has 25 heavy (non-hydrogen) atoms. The summed E-state index contributed by atoms with van der Waals surface area (Å²) in [5.74, 6) is -2.00. The number of allylic oxidation sites excluding steroid dienone is 1. The Balaban J connectivity index is 1.84. The maximum absolute atomic E-state index is 13.2. The van der Waals surface area contributed by atoms with Gasteiger partial charge in [-0.1, -0.05) is 18.2 Å². The highest BCUT2D eigenvalue weighted by Gasteiger charge is 2.27. The van der Waals surface area contributed by atoms with Crippen LogP contribution in [0.3, 0.4) is 0 Å². The fraction of sp³-hybridized carbons (Fsp3) is 0.412. The Bertz CT molecular complexity index is 790. The number of nitrogens with zero attached hydrogens (tertiary/aromatic N) is 1. The predicted molar refractivity (Wildman–Crippen MR) is 89.5 cm³/mol. The second kappa shape index (κ2) is 7.77. The van der Waals surface area contributed by atoms with E-state index in [0.717, 1.165) is 5.41 Å². The van der Waals surface area contributed by atoms with Crippen molar-refractivity contribution in [3.63, 3.8) is 0 Å². The van der Waals surface area contributed by atoms with Gasteiger partial charge < -0.3 is 9.64 Å². The van der Waals surface area contributed by atoms with E-state index in [4.69, 9.17) is 4.74 Å². The number of amides is 1. The molecule has 8 heteroatoms. The minimum absolute atomic E-state index is 0.0963. The molecule has 2 rings (SSSR count). The van der Waals surface area contributed by atoms with Crippen LogP contribution >= 0.6 is 0 Å². The van der Waals surface area contributed by atoms with Gasteiger partial charge in [0.15, 0.2) is 15.9 Å². The van der Waals surface area contributed by atoms with Gasteiger partial charge in [-0.05, 0) is 24.6 Å². The molecule has 0 bridgehead atoms. The van der Waals surface area contributed by atoms with Gasteiger partial charge in [0.05, 0.1) is 12.2 Å². The zero-order valence-corrected chi connectivity index (χ0v) is 14.8. The monoisotopic (exact) mass is 369 g/mol. The maximum atomic E-state index is 13.2. The van der Waals surface area contributed by atoms with Crippen LogP contribution in [0.4, 0.5) is 4.39 Å². The van der Waals surface area contributed by atoms with Crippen LogP contribution in [0.25, 0.3) is 0 Å². The first-order valence-corrected chi connectivity index (χ1v) is 9.47. The third-order valence-electron chi connectivity index (χ3n) is 3.77. The van der Waals surface area contributed by atoms with E-state index in [1.54, 1.807) is 12.1 Å². The second-order valence-electron chi connectivity index (χ2n) is 6.08. The third kappa shape index (κ3) is 5.67. The molecule has 0 aromatic heterocycles. The van der Waals surface area contributed by atoms with E-state index in [-0.39, 0.29) is 18.7 Å². The molecular weight excluding hydrogens is 349 g/mol. The van der Waals surface area contributed by atoms with Crippen molar-refractivity contribution in [3.8, 4) is 0 Å². The van der Waals surface area contributed by atoms with Gasteiger partial charge in [-0.15, -0.1) is 0 Å². The SMILES string of the molecule is CC(OC(=O)CC1C=CS(=O)(=O)C1)C(=O)N(C)Cc1cccc(F)c1. The minimum Gasteiger partial charge on any atom is -0.453 e. The molecule has 1 aromatic rings. The molecule has 6 nitrogen and oxygen atoms in total. The predicted octanol–water partition coefficient (Wildman–Crippen LogP) is 1.66. The third-order valence-corrected chi connectivity index (χ3v) is 5.24. The van der Waals surface area contributed by atoms with E-state index in [2.05, 4.69) is 0 Å². The maximum Gasteiger partial charge on any atom is 0.307 e. The van der Waals surface area contributed by atoms with Crippen molar-refractivity contribution in [3.05, 3.63) is 47.1 Å². The molecule has 1 aliphatic rings. The molecule has 0 spiro atoms. The lowest BCUT2D eigenvalue weighted by molar-refractivity contribution is -0.159. The van der Waals surface area contributed by atoms with Crippen molar-refractivity contribution in [2.45, 2.75) is 26.0 Å². The second-order valence-corrected chi connectivity index (χ2v) is 8.01. The van der Waals surface area contributed by atoms with Gasteiger partial charge in [0.25, 0.3) is 5.91 Å². The van der Waals surface area contributed by atoms with Crippen LogP contribution in [0, 0.1) is 11.7 Å². The van der Waals surface area contributed by atoms with E-state index in [0.29, 0.717) is 5.56 Å². The summed E-state index contributed by atoms with van der Waals surface area (Å²) in [6, 6.07) is 5.88. The molecule has 0 aliphatic carbocycles. The summed E-state index contributed by atoms with van der Waals surface area (Å²) in [6.45, 7) is 1.63. The number of sulfone groups is 1. The first kappa shape index (κ1) is 19.1. The highest BCUT2D eigenvalue weighted by atomic mass is 32.2. The van der Waals surface area contributed by atoms with E-state index >= 15 is 0 Å². The summed E-state index contributed by atoms with van der Waals surface area (Å²) >= 11 is 0. The van der Waals surface area contributed by atoms with Crippen molar-refractivity contribution in [2.75, 3.05) is 12.8 Å². The summed E-state index contributed by atoms with van der Waals surface area (Å²) in [7, 11) is -1.70. The largest absolute Gasteiger partial charge is 0.453 e. The average Bonchev–Trinajstić information content (AvgIpc) is 2.84. The summed E-state index contributed by atoms with van der Waals surface area (Å²) < 4.78 is 40.9. The first-order chi connectivity index (χ1) is 11.7. The van der Waals surface area contributed by atoms with Crippen LogP contribution in [0.2, 0.25) is 0 Å². The normalized spacial score (nSPS) is 19.4. The molecule has 0 radical (unpaired) electrons. The quantitative estimate of drug-likeness (QED) is 0.713. The lowest BCUT2D eigenvalue weighted by Crippen LogP contribution is -2.37. The number of rotatable bonds is 6. The standard InChI is InChI=1S/C17H20FNO5S/c1-12(24-16(20)9-14-6-7-25(22,23)11-14)17(21)19(2)10-13-4-3-5-15(18)8-13/h3-8,12,14H,9-11H2,1-2H3. The van der Waals surface area contributed by atoms with Crippen molar-refractivity contribution >= 4 is 21.7 Å². The fourth-order valence-electron chi connectivity index (χ4n) is 2.57. The Labute approximate surface area is 146 Å². The number of hydrogen-bond donors (Lipinski definition) is 0. The molecule has 1 heterocycles. The Morgan fingerprint density at radius 2 is 2.12 bits per heavy atom. The van der Waals surface area contributed by atoms with E-state index in [1.807, 2.05) is 0 Å². The molecule has 1 aromatic carbocycles. The van der Waals surface area contributed by atoms with Crippen LogP contribution in [-0.2, 0) is 30.7 Å². The molecule has 0 saturated carbocycles. The van der Waals surface area contributed by atoms with Crippen LogP contribution in [-0.4, -0.2) is 44.1 Å². The molecule has 0 saturated heterocycles. The van der Waals surface area contributed by atoms with Crippen LogP contribution in [0.1, 0.15) is 18.9 Å². The van der Waals surface area contributed by atoms with Crippen molar-refractivity contribution in [1.82, 2.24) is 4.90 Å². The first-order valence-electron chi connectivity index (χ1n) is 7.76. The summed E-state index contributed by atoms with van der Waals surface area (Å²) in [5, 5.41) is 1.09. The molecule has 1 aliphatic heterocycles. The number of carbonyl (C=O) groups is 2. The van der Waals surface area contributed by atoms with E-state index < -0.39 is 39.6 Å². The van der Waals surface area contributed by atoms with Gasteiger partial charge in [-0.2, -0.15) is 0 Å². The number of likely N-dealkylation sites (N-methyl/N-ethyl adjacent to an activating group) is 1. The lowest BCUT2D eigenvalue weighted by atomic mass is 10.1. The van der Waals surface area contributed by atoms with Crippen LogP contribution < -0.4 is 0 Å². The Kier molecular flexibility index (Phi) is 5.94. The van der Waals surface area contributed by atoms with Gasteiger partial charge in [0.1, 0.15) is 5.82 Å². The zero-order chi connectivity index (χ0) is 18.6. The topological polar surface area (TPSA) is 80.8 Å². The van der Waals surface area contributed by atoms with Crippen molar-refractivity contribution in [1.29, 1.82) is 0 Å². The van der Waals surface area contributed by atoms with Crippen molar-refractivity contribution < 1.29 is 27.1 Å². The Morgan fingerprint density at radius 3 is 2.72 bits per heavy atom. The number of hydrogen-bond acceptors (Lipinski definition) is 5. The van der Waals surface area contributed by atoms with Gasteiger partial charge >= 0.3 is 5.97 Å². The molecule has 0 fully saturated rings. The Morgan fingerprint density at radius 1 is 1.40 bits per heavy atom. The number of halogens is 1. The van der Waals surface area contributed by atoms with Gasteiger partial charge in [0.2, 0.25) is 0 Å². The number of esters is 1. The molecule has 2 unspecified atom stereocenters. The van der Waals surface area contributed by atoms with Gasteiger partial charge in [-0.25, -0.2) is 12.8 Å². The number of ether oxygens (including phenoxy) is 1. The summed E-state index contributed by atoms with van der Waals surface area (Å²) in [4.78, 5) is 25.5. The molecule has 2 atom stereocenters. The van der Waals surface area contributed by atoms with Crippen LogP contribution in [0.15, 0.2) is 35.7 Å². The Hall–Kier alpha value is -2.22. The summed E-state index contributed by atoms with van der Waals surface area (Å²) in [6.07, 6.45) is 0.355. The molecule has 136 valence electrons. The zero-order valence-electron chi connectivity index (χ0n) is 14.0. The number of carbonyl (C=O) groups excluding carboxylic acids is 2. The summed E-state index contributed by atoms with van der Waals surface area (Å²) in [5.41, 5.74) is 0.621. The number of benzene rings is 1. The van der Waals surface area contributed by atoms with Crippen molar-refractivity contribution in [2.24, 2.45) is 5.92 Å². The highest BCUT2D eigenvalue weighted by Crippen LogP contribution is 2.19. The van der Waals surface area contributed by atoms with Gasteiger partial charge in [-0.3, -0.25) is 9.59 Å². The van der Waals surface area contributed by atoms with E-state index in [1.165, 1.54) is 37.1 Å². The van der Waals surface area contributed by atoms with Gasteiger partial charge in [0, 0.05) is 24.9 Å². The van der Waals surface area contributed by atoms with Crippen LogP contribution in [0.5, 0.6) is 0 Å².